The molecule has 8 atom stereocenters. The Balaban J connectivity index is 2.05. The van der Waals surface area contributed by atoms with Crippen LogP contribution >= 0.6 is 11.8 Å². The second-order valence-electron chi connectivity index (χ2n) is 13.9. The summed E-state index contributed by atoms with van der Waals surface area (Å²) in [6.45, 7) is 4.62. The third-order valence-electron chi connectivity index (χ3n) is 9.23. The number of aromatic hydroxyl groups is 1. The Hall–Kier alpha value is -6.02. The molecule has 58 heavy (non-hydrogen) atoms. The van der Waals surface area contributed by atoms with Crippen molar-refractivity contribution in [3.05, 3.63) is 65.7 Å². The molecule has 3 rings (SSSR count). The topological polar surface area (TPSA) is 318 Å². The second-order valence-corrected chi connectivity index (χ2v) is 14.9. The molecular formula is C38H50N8O11S. The van der Waals surface area contributed by atoms with Crippen LogP contribution in [0.1, 0.15) is 51.2 Å². The van der Waals surface area contributed by atoms with E-state index < -0.39 is 119 Å². The maximum absolute atomic E-state index is 14.0. The van der Waals surface area contributed by atoms with Gasteiger partial charge in [-0.3, -0.25) is 43.2 Å². The summed E-state index contributed by atoms with van der Waals surface area (Å²) in [6, 6.07) is 4.49. The number of nitrogens with two attached hydrogens (primary N) is 2. The van der Waals surface area contributed by atoms with Crippen LogP contribution in [0.2, 0.25) is 0 Å². The van der Waals surface area contributed by atoms with Crippen LogP contribution in [-0.4, -0.2) is 111 Å². The number of amides is 7. The van der Waals surface area contributed by atoms with Gasteiger partial charge in [0.15, 0.2) is 0 Å². The van der Waals surface area contributed by atoms with Crippen LogP contribution in [0.3, 0.4) is 0 Å². The number of primary amides is 1. The zero-order chi connectivity index (χ0) is 43.1. The summed E-state index contributed by atoms with van der Waals surface area (Å²) in [5, 5.41) is 33.2. The van der Waals surface area contributed by atoms with Gasteiger partial charge in [0.1, 0.15) is 42.0 Å². The van der Waals surface area contributed by atoms with E-state index in [0.29, 0.717) is 29.3 Å². The van der Waals surface area contributed by atoms with Crippen molar-refractivity contribution in [2.24, 2.45) is 17.4 Å². The van der Waals surface area contributed by atoms with E-state index in [1.165, 1.54) is 31.2 Å². The summed E-state index contributed by atoms with van der Waals surface area (Å²) >= 11 is 0.562. The molecule has 7 amide bonds. The lowest BCUT2D eigenvalue weighted by molar-refractivity contribution is -0.140. The zero-order valence-electron chi connectivity index (χ0n) is 32.2. The van der Waals surface area contributed by atoms with Crippen molar-refractivity contribution in [1.29, 1.82) is 0 Å². The van der Waals surface area contributed by atoms with Crippen molar-refractivity contribution in [3.63, 3.8) is 0 Å². The maximum atomic E-state index is 14.0. The number of thioether (sulfide) groups is 1. The number of carboxylic acid groups (broad SMARTS) is 1. The van der Waals surface area contributed by atoms with E-state index in [-0.39, 0.29) is 18.6 Å². The monoisotopic (exact) mass is 826 g/mol. The molecule has 0 aromatic heterocycles. The molecule has 20 heteroatoms. The fraction of sp³-hybridized carbons (Fsp3) is 0.447. The minimum absolute atomic E-state index is 0.0205. The Morgan fingerprint density at radius 2 is 1.38 bits per heavy atom. The number of hydrogen-bond acceptors (Lipinski definition) is 12. The number of nitrogens with one attached hydrogen (secondary N) is 6. The summed E-state index contributed by atoms with van der Waals surface area (Å²) in [7, 11) is 0. The summed E-state index contributed by atoms with van der Waals surface area (Å²) in [4.78, 5) is 119. The Labute approximate surface area is 338 Å². The first-order valence-electron chi connectivity index (χ1n) is 18.4. The van der Waals surface area contributed by atoms with Gasteiger partial charge < -0.3 is 53.6 Å². The molecule has 0 bridgehead atoms. The quantitative estimate of drug-likeness (QED) is 0.0997. The highest BCUT2D eigenvalue weighted by atomic mass is 32.2. The van der Waals surface area contributed by atoms with Gasteiger partial charge in [0.2, 0.25) is 46.5 Å². The Morgan fingerprint density at radius 3 is 1.98 bits per heavy atom. The van der Waals surface area contributed by atoms with Gasteiger partial charge in [-0.1, -0.05) is 74.5 Å². The first kappa shape index (κ1) is 46.4. The van der Waals surface area contributed by atoms with Crippen LogP contribution in [-0.2, 0) is 56.0 Å². The number of benzene rings is 2. The van der Waals surface area contributed by atoms with E-state index in [1.54, 1.807) is 44.2 Å². The van der Waals surface area contributed by atoms with Crippen molar-refractivity contribution in [3.8, 4) is 5.75 Å². The van der Waals surface area contributed by atoms with E-state index in [1.807, 2.05) is 0 Å². The smallest absolute Gasteiger partial charge is 0.305 e. The van der Waals surface area contributed by atoms with Crippen molar-refractivity contribution in [2.45, 2.75) is 95.2 Å². The molecule has 1 aliphatic rings. The highest BCUT2D eigenvalue weighted by Gasteiger charge is 2.36. The zero-order valence-corrected chi connectivity index (χ0v) is 33.0. The minimum Gasteiger partial charge on any atom is -0.508 e. The number of phenolic OH excluding ortho intramolecular Hbond substituents is 1. The molecule has 2 aromatic rings. The molecule has 2 aromatic carbocycles. The molecule has 314 valence electrons. The van der Waals surface area contributed by atoms with Gasteiger partial charge in [-0.2, -0.15) is 0 Å². The average Bonchev–Trinajstić information content (AvgIpc) is 3.17. The summed E-state index contributed by atoms with van der Waals surface area (Å²) < 4.78 is 0. The Morgan fingerprint density at radius 1 is 0.810 bits per heavy atom. The third kappa shape index (κ3) is 14.5. The molecule has 1 fully saturated rings. The van der Waals surface area contributed by atoms with Crippen LogP contribution in [0.4, 0.5) is 0 Å². The minimum atomic E-state index is -1.67. The molecule has 12 N–H and O–H groups in total. The lowest BCUT2D eigenvalue weighted by Crippen LogP contribution is -2.61. The van der Waals surface area contributed by atoms with Gasteiger partial charge >= 0.3 is 5.97 Å². The Kier molecular flexibility index (Phi) is 17.6. The van der Waals surface area contributed by atoms with E-state index in [0.717, 1.165) is 0 Å². The number of phenols is 1. The number of aliphatic carboxylic acids is 1. The van der Waals surface area contributed by atoms with Crippen molar-refractivity contribution in [1.82, 2.24) is 31.9 Å². The van der Waals surface area contributed by atoms with Gasteiger partial charge in [-0.25, -0.2) is 0 Å². The van der Waals surface area contributed by atoms with Gasteiger partial charge in [-0.15, -0.1) is 0 Å². The van der Waals surface area contributed by atoms with E-state index in [2.05, 4.69) is 31.9 Å². The maximum Gasteiger partial charge on any atom is 0.305 e. The normalized spacial score (nSPS) is 22.5. The highest BCUT2D eigenvalue weighted by Crippen LogP contribution is 2.17. The van der Waals surface area contributed by atoms with Crippen molar-refractivity contribution < 1.29 is 53.4 Å². The second kappa shape index (κ2) is 22.1. The number of carbonyl (C=O) groups excluding carboxylic acids is 8. The molecule has 19 nitrogen and oxygen atoms in total. The fourth-order valence-corrected chi connectivity index (χ4v) is 6.61. The standard InChI is InChI=1S/C38H50N8O11S/c1-4-19(2)31(46-33(52)24(39)16-30(49)50)37(56)45-28-18-58-38(57)27(15-21-8-6-5-7-9-21)44-35(54)25(14-22-10-12-23(47)13-11-22)42-32(51)20(3)41-34(53)26(17-29(40)48)43-36(28)55/h5-13,19-20,24-28,31,47H,4,14-18,39H2,1-3H3,(H2,40,48)(H,41,53)(H,42,51)(H,43,55)(H,44,54)(H,45,56)(H,46,52)(H,49,50)/t19-,20-,24-,25-,26-,27-,28-,31-/m0/s1. The number of rotatable bonds is 14. The third-order valence-corrected chi connectivity index (χ3v) is 10.3. The average molecular weight is 827 g/mol. The molecular weight excluding hydrogens is 777 g/mol. The lowest BCUT2D eigenvalue weighted by atomic mass is 9.97. The number of carbonyl (C=O) groups is 9. The largest absolute Gasteiger partial charge is 0.508 e. The molecule has 1 saturated heterocycles. The molecule has 0 saturated carbocycles. The predicted octanol–water partition coefficient (Wildman–Crippen LogP) is -1.90. The van der Waals surface area contributed by atoms with Crippen LogP contribution in [0.15, 0.2) is 54.6 Å². The summed E-state index contributed by atoms with van der Waals surface area (Å²) in [5.74, 6) is -9.00. The van der Waals surface area contributed by atoms with Crippen LogP contribution in [0.5, 0.6) is 5.75 Å². The van der Waals surface area contributed by atoms with Crippen LogP contribution in [0, 0.1) is 5.92 Å². The van der Waals surface area contributed by atoms with Crippen LogP contribution < -0.4 is 43.4 Å². The summed E-state index contributed by atoms with van der Waals surface area (Å²) in [5.41, 5.74) is 12.3. The summed E-state index contributed by atoms with van der Waals surface area (Å²) in [6.07, 6.45) is -1.25. The predicted molar refractivity (Wildman–Crippen MR) is 210 cm³/mol. The first-order valence-corrected chi connectivity index (χ1v) is 19.4. The van der Waals surface area contributed by atoms with Crippen molar-refractivity contribution >= 4 is 64.2 Å². The molecule has 0 spiro atoms. The lowest BCUT2D eigenvalue weighted by Gasteiger charge is -2.29. The van der Waals surface area contributed by atoms with E-state index >= 15 is 0 Å². The Bertz CT molecular complexity index is 1830. The molecule has 1 aliphatic heterocycles. The van der Waals surface area contributed by atoms with Gasteiger partial charge in [-0.05, 0) is 36.1 Å². The molecule has 0 aliphatic carbocycles. The molecule has 0 unspecified atom stereocenters. The van der Waals surface area contributed by atoms with Gasteiger partial charge in [0, 0.05) is 18.6 Å². The highest BCUT2D eigenvalue weighted by molar-refractivity contribution is 8.13. The molecule has 0 radical (unpaired) electrons. The fourth-order valence-electron chi connectivity index (χ4n) is 5.70. The van der Waals surface area contributed by atoms with Crippen LogP contribution in [0.25, 0.3) is 0 Å². The van der Waals surface area contributed by atoms with E-state index in [9.17, 15) is 48.3 Å². The van der Waals surface area contributed by atoms with Gasteiger partial charge in [0.25, 0.3) is 0 Å². The van der Waals surface area contributed by atoms with Gasteiger partial charge in [0.05, 0.1) is 18.9 Å². The van der Waals surface area contributed by atoms with E-state index in [4.69, 9.17) is 16.6 Å². The molecule has 1 heterocycles. The number of hydrogen-bond donors (Lipinski definition) is 10. The number of carboxylic acids is 1. The SMILES string of the molecule is CC[C@H](C)[C@H](NC(=O)[C@@H](N)CC(=O)O)C(=O)N[C@H]1CSC(=O)[C@H](Cc2ccccc2)NC(=O)[C@H](Cc2ccc(O)cc2)NC(=O)[C@H](C)NC(=O)[C@H](CC(N)=O)NC1=O. The van der Waals surface area contributed by atoms with Crippen molar-refractivity contribution in [2.75, 3.05) is 5.75 Å². The first-order chi connectivity index (χ1) is 27.4.